The van der Waals surface area contributed by atoms with E-state index in [1.165, 1.54) is 19.2 Å². The molecule has 0 atom stereocenters. The maximum atomic E-state index is 9.79. The van der Waals surface area contributed by atoms with E-state index in [0.717, 1.165) is 0 Å². The molecule has 0 aliphatic heterocycles. The second-order valence-electron chi connectivity index (χ2n) is 3.22. The number of nitrogens with zero attached hydrogens (tertiary/aromatic N) is 2. The Kier molecular flexibility index (Phi) is 3.16. The van der Waals surface area contributed by atoms with Crippen molar-refractivity contribution < 1.29 is 14.4 Å². The Hall–Kier alpha value is -1.79. The number of aromatic nitrogens is 2. The summed E-state index contributed by atoms with van der Waals surface area (Å²) in [7, 11) is 1.46. The molecule has 0 spiro atoms. The van der Waals surface area contributed by atoms with Crippen molar-refractivity contribution in [3.05, 3.63) is 23.0 Å². The number of halogens is 1. The number of nitrogens with two attached hydrogens (primary N) is 1. The van der Waals surface area contributed by atoms with Gasteiger partial charge >= 0.3 is 0 Å². The zero-order valence-electron chi connectivity index (χ0n) is 8.98. The van der Waals surface area contributed by atoms with Gasteiger partial charge in [-0.1, -0.05) is 16.8 Å². The van der Waals surface area contributed by atoms with Gasteiger partial charge in [0, 0.05) is 6.07 Å². The van der Waals surface area contributed by atoms with Crippen molar-refractivity contribution >= 4 is 11.6 Å². The lowest BCUT2D eigenvalue weighted by Crippen LogP contribution is -1.95. The second kappa shape index (κ2) is 4.60. The summed E-state index contributed by atoms with van der Waals surface area (Å²) in [6.45, 7) is 0.137. The number of benzene rings is 1. The fourth-order valence-corrected chi connectivity index (χ4v) is 1.57. The van der Waals surface area contributed by atoms with Crippen molar-refractivity contribution in [3.8, 4) is 22.9 Å². The summed E-state index contributed by atoms with van der Waals surface area (Å²) in [5.74, 6) is 0.838. The summed E-state index contributed by atoms with van der Waals surface area (Å²) in [6, 6.07) is 2.89. The predicted octanol–water partition coefficient (Wildman–Crippen LogP) is 1.56. The first-order valence-corrected chi connectivity index (χ1v) is 5.13. The fourth-order valence-electron chi connectivity index (χ4n) is 1.33. The molecule has 6 nitrogen and oxygen atoms in total. The van der Waals surface area contributed by atoms with Gasteiger partial charge in [-0.3, -0.25) is 0 Å². The van der Waals surface area contributed by atoms with E-state index in [4.69, 9.17) is 26.6 Å². The SMILES string of the molecule is COc1cc(O)c(-c2noc(CN)n2)cc1Cl. The molecule has 0 unspecified atom stereocenters. The third-order valence-corrected chi connectivity index (χ3v) is 2.45. The predicted molar refractivity (Wildman–Crippen MR) is 60.9 cm³/mol. The molecule has 0 aliphatic carbocycles. The molecule has 0 fully saturated rings. The standard InChI is InChI=1S/C10H10ClN3O3/c1-16-8-3-7(15)5(2-6(8)11)10-13-9(4-12)17-14-10/h2-3,15H,4,12H2,1H3. The van der Waals surface area contributed by atoms with Gasteiger partial charge < -0.3 is 20.1 Å². The summed E-state index contributed by atoms with van der Waals surface area (Å²) < 4.78 is 9.81. The lowest BCUT2D eigenvalue weighted by Gasteiger charge is -2.05. The molecule has 2 rings (SSSR count). The Morgan fingerprint density at radius 1 is 1.53 bits per heavy atom. The first kappa shape index (κ1) is 11.7. The van der Waals surface area contributed by atoms with Crippen molar-refractivity contribution in [2.24, 2.45) is 5.73 Å². The van der Waals surface area contributed by atoms with Crippen LogP contribution in [0.25, 0.3) is 11.4 Å². The number of rotatable bonds is 3. The van der Waals surface area contributed by atoms with Crippen LogP contribution in [-0.2, 0) is 6.54 Å². The van der Waals surface area contributed by atoms with Crippen LogP contribution in [0.2, 0.25) is 5.02 Å². The molecular weight excluding hydrogens is 246 g/mol. The average Bonchev–Trinajstić information content (AvgIpc) is 2.80. The molecule has 1 heterocycles. The second-order valence-corrected chi connectivity index (χ2v) is 3.63. The number of phenolic OH excluding ortho intramolecular Hbond substituents is 1. The van der Waals surface area contributed by atoms with Gasteiger partial charge in [0.15, 0.2) is 0 Å². The van der Waals surface area contributed by atoms with E-state index in [9.17, 15) is 5.11 Å². The third-order valence-electron chi connectivity index (χ3n) is 2.15. The highest BCUT2D eigenvalue weighted by Gasteiger charge is 2.15. The minimum atomic E-state index is -0.0457. The molecule has 0 bridgehead atoms. The highest BCUT2D eigenvalue weighted by Crippen LogP contribution is 2.36. The van der Waals surface area contributed by atoms with Crippen LogP contribution in [0.5, 0.6) is 11.5 Å². The summed E-state index contributed by atoms with van der Waals surface area (Å²) in [5.41, 5.74) is 5.71. The number of hydrogen-bond donors (Lipinski definition) is 2. The topological polar surface area (TPSA) is 94.4 Å². The zero-order chi connectivity index (χ0) is 12.4. The van der Waals surface area contributed by atoms with E-state index >= 15 is 0 Å². The lowest BCUT2D eigenvalue weighted by atomic mass is 10.2. The maximum Gasteiger partial charge on any atom is 0.240 e. The molecule has 0 radical (unpaired) electrons. The van der Waals surface area contributed by atoms with Crippen LogP contribution >= 0.6 is 11.6 Å². The number of phenols is 1. The quantitative estimate of drug-likeness (QED) is 0.864. The molecule has 7 heteroatoms. The molecule has 3 N–H and O–H groups in total. The smallest absolute Gasteiger partial charge is 0.240 e. The molecule has 0 saturated heterocycles. The Labute approximate surface area is 102 Å². The number of ether oxygens (including phenoxy) is 1. The first-order chi connectivity index (χ1) is 8.15. The van der Waals surface area contributed by atoms with Crippen LogP contribution in [0.1, 0.15) is 5.89 Å². The van der Waals surface area contributed by atoms with E-state index in [1.54, 1.807) is 0 Å². The van der Waals surface area contributed by atoms with Gasteiger partial charge in [0.05, 0.1) is 24.2 Å². The average molecular weight is 256 g/mol. The van der Waals surface area contributed by atoms with E-state index in [0.29, 0.717) is 16.3 Å². The summed E-state index contributed by atoms with van der Waals surface area (Å²) in [4.78, 5) is 3.99. The van der Waals surface area contributed by atoms with E-state index < -0.39 is 0 Å². The van der Waals surface area contributed by atoms with Crippen LogP contribution in [0, 0.1) is 0 Å². The molecule has 1 aromatic carbocycles. The van der Waals surface area contributed by atoms with Gasteiger partial charge in [-0.25, -0.2) is 0 Å². The van der Waals surface area contributed by atoms with Crippen molar-refractivity contribution in [2.75, 3.05) is 7.11 Å². The number of aromatic hydroxyl groups is 1. The Balaban J connectivity index is 2.48. The van der Waals surface area contributed by atoms with Gasteiger partial charge in [-0.2, -0.15) is 4.98 Å². The van der Waals surface area contributed by atoms with Crippen molar-refractivity contribution in [1.29, 1.82) is 0 Å². The first-order valence-electron chi connectivity index (χ1n) is 4.75. The van der Waals surface area contributed by atoms with Crippen LogP contribution < -0.4 is 10.5 Å². The van der Waals surface area contributed by atoms with Gasteiger partial charge in [-0.05, 0) is 6.07 Å². The highest BCUT2D eigenvalue weighted by molar-refractivity contribution is 6.32. The van der Waals surface area contributed by atoms with Crippen LogP contribution in [0.3, 0.4) is 0 Å². The lowest BCUT2D eigenvalue weighted by molar-refractivity contribution is 0.380. The van der Waals surface area contributed by atoms with Crippen LogP contribution in [0.15, 0.2) is 16.7 Å². The molecule has 90 valence electrons. The molecular formula is C10H10ClN3O3. The zero-order valence-corrected chi connectivity index (χ0v) is 9.73. The summed E-state index contributed by atoms with van der Waals surface area (Å²) in [5, 5.41) is 13.8. The Bertz CT molecular complexity index is 542. The highest BCUT2D eigenvalue weighted by atomic mass is 35.5. The van der Waals surface area contributed by atoms with Gasteiger partial charge in [0.2, 0.25) is 11.7 Å². The van der Waals surface area contributed by atoms with Crippen molar-refractivity contribution in [1.82, 2.24) is 10.1 Å². The normalized spacial score (nSPS) is 10.5. The third kappa shape index (κ3) is 2.17. The monoisotopic (exact) mass is 255 g/mol. The maximum absolute atomic E-state index is 9.79. The molecule has 2 aromatic rings. The van der Waals surface area contributed by atoms with Gasteiger partial charge in [-0.15, -0.1) is 0 Å². The molecule has 1 aromatic heterocycles. The molecule has 17 heavy (non-hydrogen) atoms. The van der Waals surface area contributed by atoms with E-state index in [2.05, 4.69) is 10.1 Å². The molecule has 0 amide bonds. The number of methoxy groups -OCH3 is 1. The minimum Gasteiger partial charge on any atom is -0.507 e. The van der Waals surface area contributed by atoms with Crippen LogP contribution in [0.4, 0.5) is 0 Å². The van der Waals surface area contributed by atoms with Crippen LogP contribution in [-0.4, -0.2) is 22.4 Å². The molecule has 0 aliphatic rings. The fraction of sp³-hybridized carbons (Fsp3) is 0.200. The minimum absolute atomic E-state index is 0.0457. The van der Waals surface area contributed by atoms with Crippen molar-refractivity contribution in [2.45, 2.75) is 6.54 Å². The van der Waals surface area contributed by atoms with Crippen molar-refractivity contribution in [3.63, 3.8) is 0 Å². The molecule has 0 saturated carbocycles. The van der Waals surface area contributed by atoms with E-state index in [-0.39, 0.29) is 24.0 Å². The largest absolute Gasteiger partial charge is 0.507 e. The summed E-state index contributed by atoms with van der Waals surface area (Å²) in [6.07, 6.45) is 0. The van der Waals surface area contributed by atoms with Gasteiger partial charge in [0.1, 0.15) is 11.5 Å². The van der Waals surface area contributed by atoms with E-state index in [1.807, 2.05) is 0 Å². The van der Waals surface area contributed by atoms with Gasteiger partial charge in [0.25, 0.3) is 0 Å². The Morgan fingerprint density at radius 3 is 2.88 bits per heavy atom. The Morgan fingerprint density at radius 2 is 2.29 bits per heavy atom. The number of hydrogen-bond acceptors (Lipinski definition) is 6. The summed E-state index contributed by atoms with van der Waals surface area (Å²) >= 11 is 5.95.